The molecule has 0 bridgehead atoms. The Morgan fingerprint density at radius 3 is 2.45 bits per heavy atom. The molecule has 0 aliphatic rings. The predicted molar refractivity (Wildman–Crippen MR) is 140 cm³/mol. The summed E-state index contributed by atoms with van der Waals surface area (Å²) in [4.78, 5) is 16.7. The SMILES string of the molecule is CCNC(=NCc1ccc(C)cc1OCCOC)NCCNC(=O)Cc1ccc(F)cc1.I. The molecule has 0 aliphatic heterocycles. The van der Waals surface area contributed by atoms with Crippen molar-refractivity contribution in [2.45, 2.75) is 26.8 Å². The minimum Gasteiger partial charge on any atom is -0.491 e. The van der Waals surface area contributed by atoms with Crippen LogP contribution < -0.4 is 20.7 Å². The topological polar surface area (TPSA) is 84.0 Å². The molecule has 1 amide bonds. The van der Waals surface area contributed by atoms with Crippen molar-refractivity contribution in [1.82, 2.24) is 16.0 Å². The number of nitrogens with one attached hydrogen (secondary N) is 3. The normalized spacial score (nSPS) is 10.8. The number of aliphatic imine (C=N–C) groups is 1. The fourth-order valence-electron chi connectivity index (χ4n) is 2.90. The zero-order valence-electron chi connectivity index (χ0n) is 19.4. The molecule has 0 aliphatic carbocycles. The van der Waals surface area contributed by atoms with Gasteiger partial charge in [0.1, 0.15) is 18.2 Å². The maximum Gasteiger partial charge on any atom is 0.224 e. The van der Waals surface area contributed by atoms with Crippen molar-refractivity contribution < 1.29 is 18.7 Å². The second-order valence-corrected chi connectivity index (χ2v) is 7.23. The summed E-state index contributed by atoms with van der Waals surface area (Å²) in [5.74, 6) is 1.03. The fraction of sp³-hybridized carbons (Fsp3) is 0.417. The van der Waals surface area contributed by atoms with E-state index in [4.69, 9.17) is 9.47 Å². The first kappa shape index (κ1) is 28.6. The van der Waals surface area contributed by atoms with Gasteiger partial charge in [-0.2, -0.15) is 0 Å². The van der Waals surface area contributed by atoms with Gasteiger partial charge in [-0.25, -0.2) is 9.38 Å². The van der Waals surface area contributed by atoms with Gasteiger partial charge in [0, 0.05) is 32.3 Å². The van der Waals surface area contributed by atoms with E-state index in [0.717, 1.165) is 22.4 Å². The van der Waals surface area contributed by atoms with Crippen LogP contribution >= 0.6 is 24.0 Å². The van der Waals surface area contributed by atoms with E-state index in [1.54, 1.807) is 19.2 Å². The number of guanidine groups is 1. The monoisotopic (exact) mass is 572 g/mol. The Balaban J connectivity index is 0.00000544. The average molecular weight is 572 g/mol. The first-order valence-corrected chi connectivity index (χ1v) is 10.8. The largest absolute Gasteiger partial charge is 0.491 e. The number of rotatable bonds is 12. The Morgan fingerprint density at radius 2 is 1.76 bits per heavy atom. The van der Waals surface area contributed by atoms with Crippen LogP contribution in [-0.2, 0) is 22.5 Å². The van der Waals surface area contributed by atoms with Crippen molar-refractivity contribution in [2.24, 2.45) is 4.99 Å². The molecular formula is C24H34FIN4O3. The Morgan fingerprint density at radius 1 is 1.03 bits per heavy atom. The van der Waals surface area contributed by atoms with Gasteiger partial charge in [-0.15, -0.1) is 24.0 Å². The number of aryl methyl sites for hydroxylation is 1. The van der Waals surface area contributed by atoms with E-state index in [2.05, 4.69) is 20.9 Å². The lowest BCUT2D eigenvalue weighted by atomic mass is 10.1. The minimum atomic E-state index is -0.312. The summed E-state index contributed by atoms with van der Waals surface area (Å²) in [6, 6.07) is 12.0. The third-order valence-electron chi connectivity index (χ3n) is 4.54. The number of ether oxygens (including phenoxy) is 2. The van der Waals surface area contributed by atoms with Gasteiger partial charge in [-0.3, -0.25) is 4.79 Å². The number of carbonyl (C=O) groups is 1. The average Bonchev–Trinajstić information content (AvgIpc) is 2.77. The molecular weight excluding hydrogens is 538 g/mol. The Bertz CT molecular complexity index is 879. The second-order valence-electron chi connectivity index (χ2n) is 7.23. The molecule has 2 aromatic rings. The second kappa shape index (κ2) is 16.2. The zero-order chi connectivity index (χ0) is 23.2. The molecule has 2 rings (SSSR count). The molecule has 9 heteroatoms. The van der Waals surface area contributed by atoms with E-state index in [-0.39, 0.29) is 42.1 Å². The van der Waals surface area contributed by atoms with Crippen LogP contribution in [0.15, 0.2) is 47.5 Å². The van der Waals surface area contributed by atoms with Gasteiger partial charge >= 0.3 is 0 Å². The minimum absolute atomic E-state index is 0. The standard InChI is InChI=1S/C24H33FN4O3.HI/c1-4-26-24(28-12-11-27-23(30)16-19-6-9-21(25)10-7-19)29-17-20-8-5-18(2)15-22(20)32-14-13-31-3;/h5-10,15H,4,11-14,16-17H2,1-3H3,(H,27,30)(H2,26,28,29);1H. The number of benzene rings is 2. The first-order valence-electron chi connectivity index (χ1n) is 10.8. The highest BCUT2D eigenvalue weighted by Crippen LogP contribution is 2.21. The highest BCUT2D eigenvalue weighted by molar-refractivity contribution is 14.0. The van der Waals surface area contributed by atoms with Gasteiger partial charge in [0.2, 0.25) is 5.91 Å². The smallest absolute Gasteiger partial charge is 0.224 e. The van der Waals surface area contributed by atoms with Crippen molar-refractivity contribution in [1.29, 1.82) is 0 Å². The number of hydrogen-bond acceptors (Lipinski definition) is 4. The Hall–Kier alpha value is -2.40. The predicted octanol–water partition coefficient (Wildman–Crippen LogP) is 3.19. The van der Waals surface area contributed by atoms with E-state index in [1.165, 1.54) is 12.1 Å². The van der Waals surface area contributed by atoms with E-state index >= 15 is 0 Å². The lowest BCUT2D eigenvalue weighted by Gasteiger charge is -2.14. The van der Waals surface area contributed by atoms with E-state index in [1.807, 2.05) is 32.0 Å². The molecule has 2 aromatic carbocycles. The summed E-state index contributed by atoms with van der Waals surface area (Å²) >= 11 is 0. The van der Waals surface area contributed by atoms with Gasteiger partial charge in [0.25, 0.3) is 0 Å². The molecule has 0 saturated carbocycles. The molecule has 3 N–H and O–H groups in total. The number of carbonyl (C=O) groups excluding carboxylic acids is 1. The lowest BCUT2D eigenvalue weighted by molar-refractivity contribution is -0.120. The molecule has 0 fully saturated rings. The van der Waals surface area contributed by atoms with Crippen LogP contribution in [0.2, 0.25) is 0 Å². The number of nitrogens with zero attached hydrogens (tertiary/aromatic N) is 1. The van der Waals surface area contributed by atoms with Crippen molar-refractivity contribution >= 4 is 35.8 Å². The van der Waals surface area contributed by atoms with Gasteiger partial charge < -0.3 is 25.4 Å². The zero-order valence-corrected chi connectivity index (χ0v) is 21.8. The van der Waals surface area contributed by atoms with Crippen LogP contribution in [0.1, 0.15) is 23.6 Å². The van der Waals surface area contributed by atoms with Crippen LogP contribution in [0.25, 0.3) is 0 Å². The highest BCUT2D eigenvalue weighted by Gasteiger charge is 2.06. The van der Waals surface area contributed by atoms with Gasteiger partial charge in [-0.1, -0.05) is 24.3 Å². The number of hydrogen-bond donors (Lipinski definition) is 3. The van der Waals surface area contributed by atoms with Crippen molar-refractivity contribution in [3.8, 4) is 5.75 Å². The molecule has 0 atom stereocenters. The number of methoxy groups -OCH3 is 1. The highest BCUT2D eigenvalue weighted by atomic mass is 127. The number of amides is 1. The van der Waals surface area contributed by atoms with E-state index in [0.29, 0.717) is 45.4 Å². The molecule has 0 unspecified atom stereocenters. The van der Waals surface area contributed by atoms with E-state index < -0.39 is 0 Å². The molecule has 182 valence electrons. The summed E-state index contributed by atoms with van der Waals surface area (Å²) in [6.45, 7) is 7.15. The van der Waals surface area contributed by atoms with E-state index in [9.17, 15) is 9.18 Å². The van der Waals surface area contributed by atoms with Crippen molar-refractivity contribution in [2.75, 3.05) is 40.0 Å². The summed E-state index contributed by atoms with van der Waals surface area (Å²) in [5.41, 5.74) is 2.87. The van der Waals surface area contributed by atoms with Gasteiger partial charge in [0.05, 0.1) is 19.6 Å². The molecule has 0 radical (unpaired) electrons. The molecule has 33 heavy (non-hydrogen) atoms. The van der Waals surface area contributed by atoms with Crippen molar-refractivity contribution in [3.63, 3.8) is 0 Å². The maximum atomic E-state index is 13.0. The van der Waals surface area contributed by atoms with Gasteiger partial charge in [0.15, 0.2) is 5.96 Å². The lowest BCUT2D eigenvalue weighted by Crippen LogP contribution is -2.41. The van der Waals surface area contributed by atoms with Crippen LogP contribution in [-0.4, -0.2) is 51.8 Å². The fourth-order valence-corrected chi connectivity index (χ4v) is 2.90. The van der Waals surface area contributed by atoms with Crippen LogP contribution in [0.3, 0.4) is 0 Å². The van der Waals surface area contributed by atoms with Crippen LogP contribution in [0, 0.1) is 12.7 Å². The van der Waals surface area contributed by atoms with Crippen LogP contribution in [0.5, 0.6) is 5.75 Å². The van der Waals surface area contributed by atoms with Crippen LogP contribution in [0.4, 0.5) is 4.39 Å². The quantitative estimate of drug-likeness (QED) is 0.158. The summed E-state index contributed by atoms with van der Waals surface area (Å²) in [6.07, 6.45) is 0.216. The van der Waals surface area contributed by atoms with Gasteiger partial charge in [-0.05, 0) is 43.2 Å². The number of halogens is 2. The Kier molecular flexibility index (Phi) is 14.1. The summed E-state index contributed by atoms with van der Waals surface area (Å²) < 4.78 is 23.8. The molecule has 7 nitrogen and oxygen atoms in total. The summed E-state index contributed by atoms with van der Waals surface area (Å²) in [7, 11) is 1.64. The molecule has 0 aromatic heterocycles. The molecule has 0 spiro atoms. The van der Waals surface area contributed by atoms with Crippen molar-refractivity contribution in [3.05, 3.63) is 65.0 Å². The summed E-state index contributed by atoms with van der Waals surface area (Å²) in [5, 5.41) is 9.26. The first-order chi connectivity index (χ1) is 15.5. The molecule has 0 saturated heterocycles. The maximum absolute atomic E-state index is 13.0. The third-order valence-corrected chi connectivity index (χ3v) is 4.54. The third kappa shape index (κ3) is 11.3. The Labute approximate surface area is 212 Å². The molecule has 0 heterocycles.